The predicted octanol–water partition coefficient (Wildman–Crippen LogP) is 3.70. The van der Waals surface area contributed by atoms with Crippen LogP contribution in [0.15, 0.2) is 53.1 Å². The molecule has 1 aliphatic rings. The quantitative estimate of drug-likeness (QED) is 0.473. The Bertz CT molecular complexity index is 1180. The minimum atomic E-state index is -0.0497. The van der Waals surface area contributed by atoms with Crippen molar-refractivity contribution in [1.82, 2.24) is 25.1 Å². The number of benzene rings is 2. The summed E-state index contributed by atoms with van der Waals surface area (Å²) in [6.07, 6.45) is 1.36. The molecule has 8 heteroatoms. The Kier molecular flexibility index (Phi) is 5.21. The molecule has 31 heavy (non-hydrogen) atoms. The van der Waals surface area contributed by atoms with E-state index in [1.54, 1.807) is 7.11 Å². The van der Waals surface area contributed by atoms with E-state index in [4.69, 9.17) is 14.0 Å². The molecular formula is C23H23N5O3. The highest BCUT2D eigenvalue weighted by Crippen LogP contribution is 2.30. The summed E-state index contributed by atoms with van der Waals surface area (Å²) < 4.78 is 18.7. The number of hydrogen-bond donors (Lipinski definition) is 0. The molecule has 0 unspecified atom stereocenters. The fourth-order valence-electron chi connectivity index (χ4n) is 3.70. The molecule has 0 fully saturated rings. The SMILES string of the molecule is COc1cccc(CCc2nc(-c3nnn4c3CO[C@H](c3ccc(C)cc3)C4)no2)c1. The van der Waals surface area contributed by atoms with Crippen molar-refractivity contribution >= 4 is 0 Å². The molecule has 0 saturated heterocycles. The molecule has 8 nitrogen and oxygen atoms in total. The molecule has 2 aromatic heterocycles. The molecule has 0 radical (unpaired) electrons. The third kappa shape index (κ3) is 4.06. The first-order valence-corrected chi connectivity index (χ1v) is 10.3. The van der Waals surface area contributed by atoms with Crippen molar-refractivity contribution in [3.8, 4) is 17.3 Å². The second-order valence-electron chi connectivity index (χ2n) is 7.64. The van der Waals surface area contributed by atoms with Crippen LogP contribution in [0, 0.1) is 6.92 Å². The average molecular weight is 417 g/mol. The average Bonchev–Trinajstić information content (AvgIpc) is 3.44. The number of hydrogen-bond acceptors (Lipinski definition) is 7. The Morgan fingerprint density at radius 3 is 2.84 bits per heavy atom. The van der Waals surface area contributed by atoms with E-state index in [1.165, 1.54) is 5.56 Å². The van der Waals surface area contributed by atoms with Gasteiger partial charge in [0.15, 0.2) is 5.69 Å². The van der Waals surface area contributed by atoms with E-state index < -0.39 is 0 Å². The molecule has 0 aliphatic carbocycles. The second-order valence-corrected chi connectivity index (χ2v) is 7.64. The van der Waals surface area contributed by atoms with Gasteiger partial charge < -0.3 is 14.0 Å². The molecule has 5 rings (SSSR count). The zero-order valence-corrected chi connectivity index (χ0v) is 17.5. The van der Waals surface area contributed by atoms with Crippen LogP contribution in [-0.4, -0.2) is 32.2 Å². The zero-order valence-electron chi connectivity index (χ0n) is 17.5. The van der Waals surface area contributed by atoms with Crippen molar-refractivity contribution in [3.63, 3.8) is 0 Å². The lowest BCUT2D eigenvalue weighted by atomic mass is 10.1. The van der Waals surface area contributed by atoms with Crippen LogP contribution >= 0.6 is 0 Å². The molecule has 158 valence electrons. The van der Waals surface area contributed by atoms with Crippen molar-refractivity contribution in [2.75, 3.05) is 7.11 Å². The van der Waals surface area contributed by atoms with Crippen LogP contribution in [-0.2, 0) is 30.7 Å². The van der Waals surface area contributed by atoms with Gasteiger partial charge in [0, 0.05) is 6.42 Å². The Hall–Kier alpha value is -3.52. The molecule has 0 N–H and O–H groups in total. The van der Waals surface area contributed by atoms with E-state index in [0.717, 1.165) is 29.0 Å². The summed E-state index contributed by atoms with van der Waals surface area (Å²) in [6.45, 7) is 3.07. The molecule has 0 bridgehead atoms. The molecule has 1 aliphatic heterocycles. The van der Waals surface area contributed by atoms with Gasteiger partial charge in [-0.2, -0.15) is 4.98 Å². The van der Waals surface area contributed by atoms with Crippen LogP contribution < -0.4 is 4.74 Å². The van der Waals surface area contributed by atoms with Crippen LogP contribution in [0.4, 0.5) is 0 Å². The number of aryl methyl sites for hydroxylation is 3. The van der Waals surface area contributed by atoms with Crippen molar-refractivity contribution in [2.45, 2.75) is 39.0 Å². The lowest BCUT2D eigenvalue weighted by Crippen LogP contribution is -2.22. The van der Waals surface area contributed by atoms with E-state index in [-0.39, 0.29) is 6.10 Å². The van der Waals surface area contributed by atoms with Gasteiger partial charge in [-0.1, -0.05) is 52.3 Å². The third-order valence-electron chi connectivity index (χ3n) is 5.49. The molecule has 0 saturated carbocycles. The van der Waals surface area contributed by atoms with Crippen LogP contribution in [0.5, 0.6) is 5.75 Å². The standard InChI is InChI=1S/C23H23N5O3/c1-15-6-9-17(10-7-15)20-13-28-19(14-30-20)22(25-27-28)23-24-21(31-26-23)11-8-16-4-3-5-18(12-16)29-2/h3-7,9-10,12,20H,8,11,13-14H2,1-2H3/t20-/m0/s1. The Morgan fingerprint density at radius 1 is 1.13 bits per heavy atom. The monoisotopic (exact) mass is 417 g/mol. The maximum atomic E-state index is 6.09. The Balaban J connectivity index is 1.28. The van der Waals surface area contributed by atoms with E-state index >= 15 is 0 Å². The molecule has 2 aromatic carbocycles. The molecule has 0 amide bonds. The summed E-state index contributed by atoms with van der Waals surface area (Å²) in [5.41, 5.74) is 4.98. The predicted molar refractivity (Wildman–Crippen MR) is 112 cm³/mol. The van der Waals surface area contributed by atoms with Crippen LogP contribution in [0.1, 0.15) is 34.4 Å². The van der Waals surface area contributed by atoms with Crippen molar-refractivity contribution in [3.05, 3.63) is 76.8 Å². The lowest BCUT2D eigenvalue weighted by Gasteiger charge is -2.24. The van der Waals surface area contributed by atoms with Gasteiger partial charge in [-0.15, -0.1) is 5.10 Å². The van der Waals surface area contributed by atoms with E-state index in [2.05, 4.69) is 57.7 Å². The van der Waals surface area contributed by atoms with Crippen LogP contribution in [0.2, 0.25) is 0 Å². The first kappa shape index (κ1) is 19.4. The Morgan fingerprint density at radius 2 is 2.00 bits per heavy atom. The number of fused-ring (bicyclic) bond motifs is 1. The summed E-state index contributed by atoms with van der Waals surface area (Å²) >= 11 is 0. The van der Waals surface area contributed by atoms with E-state index in [0.29, 0.717) is 37.0 Å². The minimum Gasteiger partial charge on any atom is -0.497 e. The minimum absolute atomic E-state index is 0.0497. The first-order chi connectivity index (χ1) is 15.2. The third-order valence-corrected chi connectivity index (χ3v) is 5.49. The number of nitrogens with zero attached hydrogens (tertiary/aromatic N) is 5. The fourth-order valence-corrected chi connectivity index (χ4v) is 3.70. The number of rotatable bonds is 6. The number of aromatic nitrogens is 5. The van der Waals surface area contributed by atoms with Crippen molar-refractivity contribution < 1.29 is 14.0 Å². The van der Waals surface area contributed by atoms with E-state index in [1.807, 2.05) is 22.9 Å². The van der Waals surface area contributed by atoms with Crippen LogP contribution in [0.3, 0.4) is 0 Å². The van der Waals surface area contributed by atoms with Crippen LogP contribution in [0.25, 0.3) is 11.5 Å². The van der Waals surface area contributed by atoms with E-state index in [9.17, 15) is 0 Å². The normalized spacial score (nSPS) is 15.6. The number of ether oxygens (including phenoxy) is 2. The van der Waals surface area contributed by atoms with Gasteiger partial charge in [0.05, 0.1) is 26.0 Å². The van der Waals surface area contributed by atoms with Gasteiger partial charge in [-0.3, -0.25) is 0 Å². The van der Waals surface area contributed by atoms with Gasteiger partial charge in [0.2, 0.25) is 11.7 Å². The summed E-state index contributed by atoms with van der Waals surface area (Å²) in [7, 11) is 1.66. The molecule has 4 aromatic rings. The molecule has 3 heterocycles. The van der Waals surface area contributed by atoms with Gasteiger partial charge in [0.1, 0.15) is 11.9 Å². The highest BCUT2D eigenvalue weighted by molar-refractivity contribution is 5.51. The smallest absolute Gasteiger partial charge is 0.227 e. The molecule has 1 atom stereocenters. The zero-order chi connectivity index (χ0) is 21.2. The summed E-state index contributed by atoms with van der Waals surface area (Å²) in [5, 5.41) is 12.7. The maximum Gasteiger partial charge on any atom is 0.227 e. The fraction of sp³-hybridized carbons (Fsp3) is 0.304. The van der Waals surface area contributed by atoms with Gasteiger partial charge >= 0.3 is 0 Å². The molecule has 0 spiro atoms. The summed E-state index contributed by atoms with van der Waals surface area (Å²) in [4.78, 5) is 4.52. The highest BCUT2D eigenvalue weighted by atomic mass is 16.5. The lowest BCUT2D eigenvalue weighted by molar-refractivity contribution is -0.00112. The molecular weight excluding hydrogens is 394 g/mol. The van der Waals surface area contributed by atoms with Gasteiger partial charge in [-0.25, -0.2) is 4.68 Å². The topological polar surface area (TPSA) is 88.1 Å². The first-order valence-electron chi connectivity index (χ1n) is 10.3. The van der Waals surface area contributed by atoms with Crippen molar-refractivity contribution in [2.24, 2.45) is 0 Å². The van der Waals surface area contributed by atoms with Gasteiger partial charge in [0.25, 0.3) is 0 Å². The summed E-state index contributed by atoms with van der Waals surface area (Å²) in [6, 6.07) is 16.3. The number of methoxy groups -OCH3 is 1. The highest BCUT2D eigenvalue weighted by Gasteiger charge is 2.27. The summed E-state index contributed by atoms with van der Waals surface area (Å²) in [5.74, 6) is 1.84. The van der Waals surface area contributed by atoms with Crippen molar-refractivity contribution in [1.29, 1.82) is 0 Å². The maximum absolute atomic E-state index is 6.09. The second kappa shape index (κ2) is 8.31. The van der Waals surface area contributed by atoms with Gasteiger partial charge in [-0.05, 0) is 36.6 Å². The Labute approximate surface area is 179 Å². The largest absolute Gasteiger partial charge is 0.497 e.